The molecule has 156 valence electrons. The van der Waals surface area contributed by atoms with E-state index in [1.54, 1.807) is 19.0 Å². The third-order valence-electron chi connectivity index (χ3n) is 6.09. The summed E-state index contributed by atoms with van der Waals surface area (Å²) >= 11 is 0. The lowest BCUT2D eigenvalue weighted by atomic mass is 9.84. The van der Waals surface area contributed by atoms with Crippen molar-refractivity contribution in [2.75, 3.05) is 27.2 Å². The Balaban J connectivity index is 1.48. The van der Waals surface area contributed by atoms with Crippen molar-refractivity contribution in [3.05, 3.63) is 34.9 Å². The van der Waals surface area contributed by atoms with Crippen LogP contribution in [0.5, 0.6) is 0 Å². The number of hydrogen-bond donors (Lipinski definition) is 1. The van der Waals surface area contributed by atoms with Gasteiger partial charge < -0.3 is 10.2 Å². The van der Waals surface area contributed by atoms with Crippen LogP contribution in [0.25, 0.3) is 0 Å². The Morgan fingerprint density at radius 3 is 2.57 bits per heavy atom. The highest BCUT2D eigenvalue weighted by atomic mass is 19.4. The van der Waals surface area contributed by atoms with Crippen LogP contribution in [0.15, 0.2) is 18.2 Å². The molecule has 0 radical (unpaired) electrons. The van der Waals surface area contributed by atoms with E-state index >= 15 is 0 Å². The van der Waals surface area contributed by atoms with Gasteiger partial charge in [0.2, 0.25) is 0 Å². The minimum absolute atomic E-state index is 0.0455. The lowest BCUT2D eigenvalue weighted by Crippen LogP contribution is -2.43. The van der Waals surface area contributed by atoms with E-state index in [0.717, 1.165) is 50.8 Å². The van der Waals surface area contributed by atoms with Gasteiger partial charge in [-0.25, -0.2) is 4.79 Å². The molecule has 1 heterocycles. The number of fused-ring (bicyclic) bond motifs is 1. The molecule has 0 spiro atoms. The summed E-state index contributed by atoms with van der Waals surface area (Å²) in [5.41, 5.74) is 0.811. The quantitative estimate of drug-likeness (QED) is 0.823. The number of carbonyl (C=O) groups is 1. The van der Waals surface area contributed by atoms with Crippen LogP contribution in [0.3, 0.4) is 0 Å². The molecule has 2 aliphatic rings. The number of benzene rings is 1. The fourth-order valence-corrected chi connectivity index (χ4v) is 4.36. The summed E-state index contributed by atoms with van der Waals surface area (Å²) in [5.74, 6) is 0.590. The van der Waals surface area contributed by atoms with E-state index in [0.29, 0.717) is 24.4 Å². The van der Waals surface area contributed by atoms with Crippen molar-refractivity contribution in [2.45, 2.75) is 57.3 Å². The number of alkyl halides is 3. The van der Waals surface area contributed by atoms with Gasteiger partial charge in [-0.2, -0.15) is 13.2 Å². The van der Waals surface area contributed by atoms with E-state index < -0.39 is 11.7 Å². The maximum atomic E-state index is 13.3. The number of halogens is 3. The Morgan fingerprint density at radius 2 is 1.93 bits per heavy atom. The number of nitrogens with zero attached hydrogens (tertiary/aromatic N) is 2. The minimum Gasteiger partial charge on any atom is -0.335 e. The second-order valence-corrected chi connectivity index (χ2v) is 8.32. The summed E-state index contributed by atoms with van der Waals surface area (Å²) in [5, 5.41) is 3.05. The number of nitrogens with one attached hydrogen (secondary N) is 1. The maximum absolute atomic E-state index is 13.3. The highest BCUT2D eigenvalue weighted by Crippen LogP contribution is 2.36. The SMILES string of the molecule is CN(C)C(=O)NC1CCC(CCN2CCc3cccc(C(F)(F)F)c3C2)CC1. The Morgan fingerprint density at radius 1 is 1.21 bits per heavy atom. The molecule has 4 nitrogen and oxygen atoms in total. The number of urea groups is 1. The monoisotopic (exact) mass is 397 g/mol. The van der Waals surface area contributed by atoms with Crippen LogP contribution >= 0.6 is 0 Å². The van der Waals surface area contributed by atoms with E-state index in [1.807, 2.05) is 6.07 Å². The summed E-state index contributed by atoms with van der Waals surface area (Å²) in [4.78, 5) is 15.5. The van der Waals surface area contributed by atoms with Crippen molar-refractivity contribution in [3.8, 4) is 0 Å². The van der Waals surface area contributed by atoms with Crippen molar-refractivity contribution >= 4 is 6.03 Å². The molecule has 2 amide bonds. The fraction of sp³-hybridized carbons (Fsp3) is 0.667. The second-order valence-electron chi connectivity index (χ2n) is 8.32. The average molecular weight is 397 g/mol. The van der Waals surface area contributed by atoms with Gasteiger partial charge in [-0.1, -0.05) is 12.1 Å². The molecule has 0 saturated heterocycles. The van der Waals surface area contributed by atoms with Crippen LogP contribution in [0.1, 0.15) is 48.8 Å². The van der Waals surface area contributed by atoms with Crippen molar-refractivity contribution in [2.24, 2.45) is 5.92 Å². The Labute approximate surface area is 165 Å². The van der Waals surface area contributed by atoms with Crippen LogP contribution in [-0.2, 0) is 19.1 Å². The second kappa shape index (κ2) is 8.72. The van der Waals surface area contributed by atoms with Gasteiger partial charge in [0.25, 0.3) is 0 Å². The first-order valence-corrected chi connectivity index (χ1v) is 10.1. The first-order valence-electron chi connectivity index (χ1n) is 10.1. The molecule has 3 rings (SSSR count). The smallest absolute Gasteiger partial charge is 0.335 e. The Bertz CT molecular complexity index is 682. The van der Waals surface area contributed by atoms with Crippen LogP contribution < -0.4 is 5.32 Å². The number of carbonyl (C=O) groups excluding carboxylic acids is 1. The first kappa shape index (κ1) is 21.0. The molecule has 7 heteroatoms. The molecular weight excluding hydrogens is 367 g/mol. The van der Waals surface area contributed by atoms with Gasteiger partial charge in [-0.05, 0) is 68.2 Å². The Hall–Kier alpha value is -1.76. The van der Waals surface area contributed by atoms with E-state index in [9.17, 15) is 18.0 Å². The molecular formula is C21H30F3N3O. The predicted octanol–water partition coefficient (Wildman–Crippen LogP) is 4.28. The van der Waals surface area contributed by atoms with Crippen molar-refractivity contribution < 1.29 is 18.0 Å². The number of amides is 2. The predicted molar refractivity (Wildman–Crippen MR) is 103 cm³/mol. The van der Waals surface area contributed by atoms with Gasteiger partial charge in [-0.3, -0.25) is 4.90 Å². The topological polar surface area (TPSA) is 35.6 Å². The van der Waals surface area contributed by atoms with Crippen molar-refractivity contribution in [1.82, 2.24) is 15.1 Å². The lowest BCUT2D eigenvalue weighted by molar-refractivity contribution is -0.138. The van der Waals surface area contributed by atoms with Gasteiger partial charge >= 0.3 is 12.2 Å². The molecule has 1 aromatic carbocycles. The lowest BCUT2D eigenvalue weighted by Gasteiger charge is -2.34. The molecule has 1 saturated carbocycles. The summed E-state index contributed by atoms with van der Waals surface area (Å²) in [7, 11) is 3.48. The summed E-state index contributed by atoms with van der Waals surface area (Å²) in [6.45, 7) is 2.05. The van der Waals surface area contributed by atoms with Crippen LogP contribution in [0, 0.1) is 5.92 Å². The zero-order chi connectivity index (χ0) is 20.3. The summed E-state index contributed by atoms with van der Waals surface area (Å²) in [6, 6.07) is 4.74. The highest BCUT2D eigenvalue weighted by molar-refractivity contribution is 5.73. The molecule has 1 fully saturated rings. The third kappa shape index (κ3) is 5.19. The van der Waals surface area contributed by atoms with Crippen LogP contribution in [0.2, 0.25) is 0 Å². The van der Waals surface area contributed by atoms with E-state index in [4.69, 9.17) is 0 Å². The van der Waals surface area contributed by atoms with Crippen LogP contribution in [-0.4, -0.2) is 49.1 Å². The summed E-state index contributed by atoms with van der Waals surface area (Å²) < 4.78 is 39.9. The zero-order valence-corrected chi connectivity index (χ0v) is 16.7. The molecule has 28 heavy (non-hydrogen) atoms. The average Bonchev–Trinajstić information content (AvgIpc) is 2.66. The maximum Gasteiger partial charge on any atom is 0.416 e. The van der Waals surface area contributed by atoms with Gasteiger partial charge in [0.1, 0.15) is 0 Å². The molecule has 1 aliphatic carbocycles. The van der Waals surface area contributed by atoms with Crippen LogP contribution in [0.4, 0.5) is 18.0 Å². The zero-order valence-electron chi connectivity index (χ0n) is 16.7. The number of hydrogen-bond acceptors (Lipinski definition) is 2. The molecule has 1 aliphatic heterocycles. The van der Waals surface area contributed by atoms with E-state index in [-0.39, 0.29) is 12.1 Å². The van der Waals surface area contributed by atoms with E-state index in [2.05, 4.69) is 10.2 Å². The van der Waals surface area contributed by atoms with Gasteiger partial charge in [0, 0.05) is 33.2 Å². The standard InChI is InChI=1S/C21H30F3N3O/c1-26(2)20(28)25-17-8-6-15(7-9-17)10-12-27-13-11-16-4-3-5-19(18(16)14-27)21(22,23)24/h3-5,15,17H,6-14H2,1-2H3,(H,25,28). The van der Waals surface area contributed by atoms with Crippen molar-refractivity contribution in [1.29, 1.82) is 0 Å². The first-order chi connectivity index (χ1) is 13.2. The minimum atomic E-state index is -4.29. The molecule has 0 atom stereocenters. The number of rotatable bonds is 4. The van der Waals surface area contributed by atoms with Gasteiger partial charge in [0.05, 0.1) is 5.56 Å². The third-order valence-corrected chi connectivity index (χ3v) is 6.09. The molecule has 1 N–H and O–H groups in total. The van der Waals surface area contributed by atoms with E-state index in [1.165, 1.54) is 12.1 Å². The van der Waals surface area contributed by atoms with Gasteiger partial charge in [-0.15, -0.1) is 0 Å². The summed E-state index contributed by atoms with van der Waals surface area (Å²) in [6.07, 6.45) is 1.49. The van der Waals surface area contributed by atoms with Gasteiger partial charge in [0.15, 0.2) is 0 Å². The van der Waals surface area contributed by atoms with Crippen molar-refractivity contribution in [3.63, 3.8) is 0 Å². The largest absolute Gasteiger partial charge is 0.416 e. The molecule has 0 aromatic heterocycles. The normalized spacial score (nSPS) is 23.2. The molecule has 0 bridgehead atoms. The highest BCUT2D eigenvalue weighted by Gasteiger charge is 2.35. The molecule has 0 unspecified atom stereocenters. The Kier molecular flexibility index (Phi) is 6.53. The molecule has 1 aromatic rings. The fourth-order valence-electron chi connectivity index (χ4n) is 4.36.